The van der Waals surface area contributed by atoms with Crippen LogP contribution in [0.2, 0.25) is 0 Å². The first-order valence-corrected chi connectivity index (χ1v) is 6.50. The Labute approximate surface area is 104 Å². The molecule has 0 aliphatic rings. The Hall–Kier alpha value is -1.31. The molecule has 1 N–H and O–H groups in total. The normalized spacial score (nSPS) is 12.3. The summed E-state index contributed by atoms with van der Waals surface area (Å²) in [4.78, 5) is 10.4. The lowest BCUT2D eigenvalue weighted by molar-refractivity contribution is -0.137. The molecule has 1 aromatic rings. The predicted molar refractivity (Wildman–Crippen MR) is 70.2 cm³/mol. The minimum absolute atomic E-state index is 0.308. The second-order valence-electron chi connectivity index (χ2n) is 4.51. The summed E-state index contributed by atoms with van der Waals surface area (Å²) in [7, 11) is 0. The van der Waals surface area contributed by atoms with E-state index in [0.717, 1.165) is 25.7 Å². The zero-order valence-electron chi connectivity index (χ0n) is 10.6. The Morgan fingerprint density at radius 2 is 1.88 bits per heavy atom. The number of unbranched alkanes of at least 4 members (excludes halogenated alkanes) is 2. The van der Waals surface area contributed by atoms with Gasteiger partial charge in [-0.1, -0.05) is 50.1 Å². The van der Waals surface area contributed by atoms with Crippen molar-refractivity contribution in [1.82, 2.24) is 0 Å². The van der Waals surface area contributed by atoms with Crippen molar-refractivity contribution in [2.75, 3.05) is 0 Å². The quantitative estimate of drug-likeness (QED) is 0.684. The summed E-state index contributed by atoms with van der Waals surface area (Å²) >= 11 is 0. The monoisotopic (exact) mass is 234 g/mol. The van der Waals surface area contributed by atoms with Gasteiger partial charge in [-0.2, -0.15) is 0 Å². The van der Waals surface area contributed by atoms with Crippen molar-refractivity contribution >= 4 is 5.97 Å². The summed E-state index contributed by atoms with van der Waals surface area (Å²) in [5.74, 6) is -0.0545. The van der Waals surface area contributed by atoms with Crippen LogP contribution < -0.4 is 0 Å². The lowest BCUT2D eigenvalue weighted by atomic mass is 9.91. The molecule has 0 amide bonds. The molecule has 0 fully saturated rings. The molecule has 0 aromatic heterocycles. The van der Waals surface area contributed by atoms with Gasteiger partial charge in [0.1, 0.15) is 0 Å². The van der Waals surface area contributed by atoms with Crippen LogP contribution in [-0.4, -0.2) is 11.1 Å². The Balaban J connectivity index is 2.26. The maximum Gasteiger partial charge on any atom is 0.303 e. The molecule has 0 radical (unpaired) electrons. The van der Waals surface area contributed by atoms with Crippen molar-refractivity contribution in [3.05, 3.63) is 35.9 Å². The number of hydrogen-bond donors (Lipinski definition) is 1. The van der Waals surface area contributed by atoms with Gasteiger partial charge in [0.05, 0.1) is 0 Å². The molecular formula is C15H22O2. The highest BCUT2D eigenvalue weighted by atomic mass is 16.4. The summed E-state index contributed by atoms with van der Waals surface area (Å²) < 4.78 is 0. The lowest BCUT2D eigenvalue weighted by Gasteiger charge is -2.14. The SMILES string of the molecule is CCC(CCCCCC(=O)O)c1ccccc1. The van der Waals surface area contributed by atoms with Crippen molar-refractivity contribution in [2.45, 2.75) is 51.4 Å². The minimum Gasteiger partial charge on any atom is -0.481 e. The first-order valence-electron chi connectivity index (χ1n) is 6.50. The smallest absolute Gasteiger partial charge is 0.303 e. The third-order valence-corrected chi connectivity index (χ3v) is 3.21. The number of aliphatic carboxylic acids is 1. The predicted octanol–water partition coefficient (Wildman–Crippen LogP) is 4.22. The highest BCUT2D eigenvalue weighted by Crippen LogP contribution is 2.25. The van der Waals surface area contributed by atoms with Crippen molar-refractivity contribution in [2.24, 2.45) is 0 Å². The van der Waals surface area contributed by atoms with Crippen LogP contribution in [0.4, 0.5) is 0 Å². The molecule has 0 saturated carbocycles. The molecule has 17 heavy (non-hydrogen) atoms. The van der Waals surface area contributed by atoms with E-state index in [1.54, 1.807) is 0 Å². The number of carboxylic acid groups (broad SMARTS) is 1. The largest absolute Gasteiger partial charge is 0.481 e. The van der Waals surface area contributed by atoms with E-state index in [2.05, 4.69) is 31.2 Å². The maximum absolute atomic E-state index is 10.4. The van der Waals surface area contributed by atoms with Gasteiger partial charge in [-0.15, -0.1) is 0 Å². The van der Waals surface area contributed by atoms with Crippen LogP contribution in [0, 0.1) is 0 Å². The van der Waals surface area contributed by atoms with Crippen LogP contribution in [0.3, 0.4) is 0 Å². The molecule has 1 aromatic carbocycles. The fraction of sp³-hybridized carbons (Fsp3) is 0.533. The van der Waals surface area contributed by atoms with E-state index in [1.165, 1.54) is 12.0 Å². The van der Waals surface area contributed by atoms with E-state index >= 15 is 0 Å². The average molecular weight is 234 g/mol. The highest BCUT2D eigenvalue weighted by molar-refractivity contribution is 5.66. The summed E-state index contributed by atoms with van der Waals surface area (Å²) in [6.07, 6.45) is 5.59. The van der Waals surface area contributed by atoms with Gasteiger partial charge in [-0.25, -0.2) is 0 Å². The highest BCUT2D eigenvalue weighted by Gasteiger charge is 2.08. The molecule has 0 aliphatic carbocycles. The van der Waals surface area contributed by atoms with E-state index in [1.807, 2.05) is 6.07 Å². The van der Waals surface area contributed by atoms with Gasteiger partial charge in [-0.05, 0) is 30.7 Å². The van der Waals surface area contributed by atoms with Crippen molar-refractivity contribution in [3.63, 3.8) is 0 Å². The van der Waals surface area contributed by atoms with E-state index in [9.17, 15) is 4.79 Å². The molecule has 0 spiro atoms. The molecule has 94 valence electrons. The molecule has 0 heterocycles. The second kappa shape index (κ2) is 7.88. The molecule has 1 unspecified atom stereocenters. The van der Waals surface area contributed by atoms with E-state index in [4.69, 9.17) is 5.11 Å². The van der Waals surface area contributed by atoms with E-state index < -0.39 is 5.97 Å². The van der Waals surface area contributed by atoms with Crippen LogP contribution in [0.15, 0.2) is 30.3 Å². The zero-order valence-corrected chi connectivity index (χ0v) is 10.6. The third-order valence-electron chi connectivity index (χ3n) is 3.21. The molecule has 0 bridgehead atoms. The van der Waals surface area contributed by atoms with Crippen LogP contribution in [0.25, 0.3) is 0 Å². The fourth-order valence-electron chi connectivity index (χ4n) is 2.18. The van der Waals surface area contributed by atoms with Crippen molar-refractivity contribution in [3.8, 4) is 0 Å². The molecule has 1 atom stereocenters. The Bertz CT molecular complexity index is 319. The van der Waals surface area contributed by atoms with E-state index in [0.29, 0.717) is 12.3 Å². The molecule has 0 aliphatic heterocycles. The Kier molecular flexibility index (Phi) is 6.38. The molecule has 2 heteroatoms. The fourth-order valence-corrected chi connectivity index (χ4v) is 2.18. The molecule has 0 saturated heterocycles. The first-order chi connectivity index (χ1) is 8.24. The van der Waals surface area contributed by atoms with Crippen molar-refractivity contribution in [1.29, 1.82) is 0 Å². The minimum atomic E-state index is -0.680. The van der Waals surface area contributed by atoms with Gasteiger partial charge in [0.2, 0.25) is 0 Å². The average Bonchev–Trinajstić information content (AvgIpc) is 2.34. The standard InChI is InChI=1S/C15H22O2/c1-2-13(14-10-6-3-7-11-14)9-5-4-8-12-15(16)17/h3,6-7,10-11,13H,2,4-5,8-9,12H2,1H3,(H,16,17). The van der Waals surface area contributed by atoms with Gasteiger partial charge in [0.15, 0.2) is 0 Å². The topological polar surface area (TPSA) is 37.3 Å². The number of rotatable bonds is 8. The van der Waals surface area contributed by atoms with Gasteiger partial charge in [-0.3, -0.25) is 4.79 Å². The van der Waals surface area contributed by atoms with Gasteiger partial charge < -0.3 is 5.11 Å². The van der Waals surface area contributed by atoms with Gasteiger partial charge >= 0.3 is 5.97 Å². The molecule has 1 rings (SSSR count). The van der Waals surface area contributed by atoms with Crippen LogP contribution in [0.5, 0.6) is 0 Å². The Morgan fingerprint density at radius 1 is 1.18 bits per heavy atom. The molecule has 2 nitrogen and oxygen atoms in total. The van der Waals surface area contributed by atoms with Crippen LogP contribution in [0.1, 0.15) is 56.9 Å². The first kappa shape index (κ1) is 13.8. The number of hydrogen-bond acceptors (Lipinski definition) is 1. The summed E-state index contributed by atoms with van der Waals surface area (Å²) in [6.45, 7) is 2.22. The maximum atomic E-state index is 10.4. The summed E-state index contributed by atoms with van der Waals surface area (Å²) in [6, 6.07) is 10.6. The van der Waals surface area contributed by atoms with Gasteiger partial charge in [0.25, 0.3) is 0 Å². The zero-order chi connectivity index (χ0) is 12.5. The summed E-state index contributed by atoms with van der Waals surface area (Å²) in [5.41, 5.74) is 1.41. The van der Waals surface area contributed by atoms with Crippen LogP contribution in [-0.2, 0) is 4.79 Å². The number of carbonyl (C=O) groups is 1. The van der Waals surface area contributed by atoms with Crippen LogP contribution >= 0.6 is 0 Å². The Morgan fingerprint density at radius 3 is 2.47 bits per heavy atom. The lowest BCUT2D eigenvalue weighted by Crippen LogP contribution is -1.98. The van der Waals surface area contributed by atoms with E-state index in [-0.39, 0.29) is 0 Å². The number of carboxylic acids is 1. The summed E-state index contributed by atoms with van der Waals surface area (Å²) in [5, 5.41) is 8.55. The molecular weight excluding hydrogens is 212 g/mol. The number of benzene rings is 1. The second-order valence-corrected chi connectivity index (χ2v) is 4.51. The van der Waals surface area contributed by atoms with Crippen molar-refractivity contribution < 1.29 is 9.90 Å². The van der Waals surface area contributed by atoms with Gasteiger partial charge in [0, 0.05) is 6.42 Å². The third kappa shape index (κ3) is 5.53.